The number of aromatic nitrogens is 1. The maximum atomic E-state index is 11.9. The van der Waals surface area contributed by atoms with Gasteiger partial charge in [-0.1, -0.05) is 6.92 Å². The molecule has 102 valence electrons. The van der Waals surface area contributed by atoms with Gasteiger partial charge in [-0.15, -0.1) is 24.8 Å². The van der Waals surface area contributed by atoms with Crippen LogP contribution in [0.5, 0.6) is 0 Å². The Labute approximate surface area is 120 Å². The number of hydrogen-bond acceptors (Lipinski definition) is 3. The zero-order chi connectivity index (χ0) is 11.4. The summed E-state index contributed by atoms with van der Waals surface area (Å²) >= 11 is 0. The highest BCUT2D eigenvalue weighted by molar-refractivity contribution is 5.94. The van der Waals surface area contributed by atoms with E-state index < -0.39 is 0 Å². The second kappa shape index (κ2) is 8.29. The number of piperidine rings is 1. The molecule has 2 unspecified atom stereocenters. The van der Waals surface area contributed by atoms with E-state index in [-0.39, 0.29) is 36.8 Å². The average Bonchev–Trinajstić information content (AvgIpc) is 2.33. The molecule has 2 atom stereocenters. The molecule has 2 heterocycles. The van der Waals surface area contributed by atoms with E-state index in [1.54, 1.807) is 24.5 Å². The van der Waals surface area contributed by atoms with Crippen LogP contribution >= 0.6 is 24.8 Å². The summed E-state index contributed by atoms with van der Waals surface area (Å²) in [7, 11) is 0. The van der Waals surface area contributed by atoms with Crippen molar-refractivity contribution in [2.24, 2.45) is 5.92 Å². The van der Waals surface area contributed by atoms with E-state index in [4.69, 9.17) is 0 Å². The second-order valence-electron chi connectivity index (χ2n) is 4.29. The first-order valence-electron chi connectivity index (χ1n) is 5.69. The summed E-state index contributed by atoms with van der Waals surface area (Å²) in [4.78, 5) is 15.8. The maximum absolute atomic E-state index is 11.9. The van der Waals surface area contributed by atoms with E-state index in [0.29, 0.717) is 11.5 Å². The van der Waals surface area contributed by atoms with Crippen LogP contribution in [0.3, 0.4) is 0 Å². The van der Waals surface area contributed by atoms with Crippen molar-refractivity contribution in [1.82, 2.24) is 15.6 Å². The van der Waals surface area contributed by atoms with Crippen molar-refractivity contribution in [3.8, 4) is 0 Å². The third-order valence-corrected chi connectivity index (χ3v) is 3.09. The van der Waals surface area contributed by atoms with Gasteiger partial charge >= 0.3 is 0 Å². The van der Waals surface area contributed by atoms with E-state index >= 15 is 0 Å². The van der Waals surface area contributed by atoms with Gasteiger partial charge in [0.25, 0.3) is 5.91 Å². The molecule has 0 spiro atoms. The van der Waals surface area contributed by atoms with E-state index in [2.05, 4.69) is 22.5 Å². The Morgan fingerprint density at radius 1 is 1.39 bits per heavy atom. The number of amides is 1. The van der Waals surface area contributed by atoms with Crippen molar-refractivity contribution < 1.29 is 4.79 Å². The molecular weight excluding hydrogens is 273 g/mol. The molecule has 4 nitrogen and oxygen atoms in total. The van der Waals surface area contributed by atoms with Gasteiger partial charge in [0.1, 0.15) is 0 Å². The Morgan fingerprint density at radius 2 is 2.06 bits per heavy atom. The first-order chi connectivity index (χ1) is 7.77. The first-order valence-corrected chi connectivity index (χ1v) is 5.69. The topological polar surface area (TPSA) is 54.0 Å². The van der Waals surface area contributed by atoms with Crippen LogP contribution in [0.2, 0.25) is 0 Å². The molecule has 1 saturated heterocycles. The molecule has 1 fully saturated rings. The molecule has 1 aliphatic rings. The van der Waals surface area contributed by atoms with Gasteiger partial charge in [0, 0.05) is 30.5 Å². The highest BCUT2D eigenvalue weighted by Crippen LogP contribution is 2.11. The predicted molar refractivity (Wildman–Crippen MR) is 76.6 cm³/mol. The van der Waals surface area contributed by atoms with Crippen LogP contribution in [-0.2, 0) is 0 Å². The molecule has 1 amide bonds. The van der Waals surface area contributed by atoms with Gasteiger partial charge < -0.3 is 10.6 Å². The van der Waals surface area contributed by atoms with Crippen LogP contribution in [0.4, 0.5) is 0 Å². The van der Waals surface area contributed by atoms with Gasteiger partial charge in [-0.2, -0.15) is 0 Å². The zero-order valence-electron chi connectivity index (χ0n) is 10.3. The smallest absolute Gasteiger partial charge is 0.251 e. The fourth-order valence-corrected chi connectivity index (χ4v) is 1.94. The number of pyridine rings is 1. The predicted octanol–water partition coefficient (Wildman–Crippen LogP) is 1.65. The van der Waals surface area contributed by atoms with Crippen LogP contribution in [0.15, 0.2) is 24.5 Å². The Bertz CT molecular complexity index is 362. The zero-order valence-corrected chi connectivity index (χ0v) is 11.9. The Balaban J connectivity index is 0.00000144. The summed E-state index contributed by atoms with van der Waals surface area (Å²) in [5.41, 5.74) is 0.674. The van der Waals surface area contributed by atoms with Crippen molar-refractivity contribution in [3.63, 3.8) is 0 Å². The Hall–Kier alpha value is -0.840. The second-order valence-corrected chi connectivity index (χ2v) is 4.29. The van der Waals surface area contributed by atoms with E-state index in [1.807, 2.05) is 0 Å². The van der Waals surface area contributed by atoms with Gasteiger partial charge in [-0.05, 0) is 31.0 Å². The molecule has 1 aromatic heterocycles. The summed E-state index contributed by atoms with van der Waals surface area (Å²) in [5.74, 6) is 0.523. The molecule has 0 aliphatic carbocycles. The number of carbonyl (C=O) groups is 1. The monoisotopic (exact) mass is 291 g/mol. The van der Waals surface area contributed by atoms with Crippen LogP contribution in [0, 0.1) is 5.92 Å². The van der Waals surface area contributed by atoms with Gasteiger partial charge in [-0.3, -0.25) is 9.78 Å². The highest BCUT2D eigenvalue weighted by Gasteiger charge is 2.22. The molecule has 2 N–H and O–H groups in total. The Kier molecular flexibility index (Phi) is 7.91. The lowest BCUT2D eigenvalue weighted by Gasteiger charge is -2.30. The minimum absolute atomic E-state index is 0. The summed E-state index contributed by atoms with van der Waals surface area (Å²) in [6.07, 6.45) is 4.39. The highest BCUT2D eigenvalue weighted by atomic mass is 35.5. The van der Waals surface area contributed by atoms with Crippen LogP contribution < -0.4 is 10.6 Å². The molecule has 0 saturated carbocycles. The standard InChI is InChI=1S/C12H17N3O.2ClH/c1-9-2-5-14-8-11(9)15-12(16)10-3-6-13-7-4-10;;/h3-4,6-7,9,11,14H,2,5,8H2,1H3,(H,15,16);2*1H. The van der Waals surface area contributed by atoms with Gasteiger partial charge in [0.15, 0.2) is 0 Å². The summed E-state index contributed by atoms with van der Waals surface area (Å²) in [5, 5.41) is 6.35. The summed E-state index contributed by atoms with van der Waals surface area (Å²) in [6.45, 7) is 4.08. The lowest BCUT2D eigenvalue weighted by molar-refractivity contribution is 0.0915. The summed E-state index contributed by atoms with van der Waals surface area (Å²) < 4.78 is 0. The minimum Gasteiger partial charge on any atom is -0.348 e. The number of hydrogen-bond donors (Lipinski definition) is 2. The molecule has 0 aromatic carbocycles. The van der Waals surface area contributed by atoms with Crippen LogP contribution in [0.25, 0.3) is 0 Å². The van der Waals surface area contributed by atoms with Crippen molar-refractivity contribution in [3.05, 3.63) is 30.1 Å². The molecule has 0 bridgehead atoms. The number of rotatable bonds is 2. The lowest BCUT2D eigenvalue weighted by atomic mass is 9.94. The van der Waals surface area contributed by atoms with Crippen molar-refractivity contribution in [2.45, 2.75) is 19.4 Å². The number of nitrogens with one attached hydrogen (secondary N) is 2. The lowest BCUT2D eigenvalue weighted by Crippen LogP contribution is -2.50. The van der Waals surface area contributed by atoms with Gasteiger partial charge in [0.05, 0.1) is 0 Å². The fourth-order valence-electron chi connectivity index (χ4n) is 1.94. The maximum Gasteiger partial charge on any atom is 0.251 e. The Morgan fingerprint density at radius 3 is 2.67 bits per heavy atom. The van der Waals surface area contributed by atoms with Gasteiger partial charge in [0.2, 0.25) is 0 Å². The molecular formula is C12H19Cl2N3O. The van der Waals surface area contributed by atoms with Crippen LogP contribution in [-0.4, -0.2) is 30.0 Å². The van der Waals surface area contributed by atoms with Crippen LogP contribution in [0.1, 0.15) is 23.7 Å². The SMILES string of the molecule is CC1CCNCC1NC(=O)c1ccncc1.Cl.Cl. The largest absolute Gasteiger partial charge is 0.348 e. The quantitative estimate of drug-likeness (QED) is 0.871. The van der Waals surface area contributed by atoms with E-state index in [1.165, 1.54) is 0 Å². The summed E-state index contributed by atoms with van der Waals surface area (Å²) in [6, 6.07) is 3.70. The molecule has 0 radical (unpaired) electrons. The van der Waals surface area contributed by atoms with Crippen molar-refractivity contribution in [1.29, 1.82) is 0 Å². The average molecular weight is 292 g/mol. The van der Waals surface area contributed by atoms with Crippen molar-refractivity contribution in [2.75, 3.05) is 13.1 Å². The number of nitrogens with zero attached hydrogens (tertiary/aromatic N) is 1. The molecule has 2 rings (SSSR count). The normalized spacial score (nSPS) is 22.3. The third kappa shape index (κ3) is 4.44. The molecule has 18 heavy (non-hydrogen) atoms. The number of carbonyl (C=O) groups excluding carboxylic acids is 1. The number of halogens is 2. The molecule has 6 heteroatoms. The third-order valence-electron chi connectivity index (χ3n) is 3.09. The molecule has 1 aliphatic heterocycles. The minimum atomic E-state index is -0.0112. The van der Waals surface area contributed by atoms with E-state index in [9.17, 15) is 4.79 Å². The first kappa shape index (κ1) is 17.2. The molecule has 1 aromatic rings. The van der Waals surface area contributed by atoms with Crippen molar-refractivity contribution >= 4 is 30.7 Å². The fraction of sp³-hybridized carbons (Fsp3) is 0.500. The van der Waals surface area contributed by atoms with E-state index in [0.717, 1.165) is 19.5 Å². The van der Waals surface area contributed by atoms with Gasteiger partial charge in [-0.25, -0.2) is 0 Å².